The van der Waals surface area contributed by atoms with Crippen molar-refractivity contribution < 1.29 is 4.79 Å². The first-order valence-electron chi connectivity index (χ1n) is 7.75. The maximum absolute atomic E-state index is 12.3. The van der Waals surface area contributed by atoms with Gasteiger partial charge in [-0.25, -0.2) is 0 Å². The third-order valence-corrected chi connectivity index (χ3v) is 4.35. The van der Waals surface area contributed by atoms with Gasteiger partial charge in [0.15, 0.2) is 0 Å². The minimum atomic E-state index is -0.0333. The monoisotopic (exact) mass is 331 g/mol. The predicted molar refractivity (Wildman–Crippen MR) is 97.5 cm³/mol. The lowest BCUT2D eigenvalue weighted by atomic mass is 10.3. The number of benzene rings is 1. The zero-order chi connectivity index (χ0) is 17.2. The summed E-state index contributed by atoms with van der Waals surface area (Å²) in [5, 5.41) is 12.0. The molecule has 0 saturated carbocycles. The summed E-state index contributed by atoms with van der Waals surface area (Å²) in [6, 6.07) is 9.89. The van der Waals surface area contributed by atoms with Gasteiger partial charge in [-0.05, 0) is 25.6 Å². The highest BCUT2D eigenvalue weighted by atomic mass is 32.2. The largest absolute Gasteiger partial charge is 0.324 e. The highest BCUT2D eigenvalue weighted by Gasteiger charge is 2.13. The minimum absolute atomic E-state index is 0.0333. The van der Waals surface area contributed by atoms with E-state index in [4.69, 9.17) is 5.26 Å². The molecule has 23 heavy (non-hydrogen) atoms. The summed E-state index contributed by atoms with van der Waals surface area (Å²) in [6.07, 6.45) is 0.481. The number of nitrogens with one attached hydrogen (secondary N) is 1. The summed E-state index contributed by atoms with van der Waals surface area (Å²) in [5.74, 6) is -0.0333. The number of rotatable bonds is 9. The molecule has 4 nitrogen and oxygen atoms in total. The van der Waals surface area contributed by atoms with Crippen LogP contribution in [-0.4, -0.2) is 35.7 Å². The van der Waals surface area contributed by atoms with Crippen molar-refractivity contribution >= 4 is 23.4 Å². The van der Waals surface area contributed by atoms with Gasteiger partial charge in [0.1, 0.15) is 0 Å². The molecule has 0 radical (unpaired) electrons. The number of carbonyl (C=O) groups excluding carboxylic acids is 1. The van der Waals surface area contributed by atoms with Crippen LogP contribution in [0, 0.1) is 11.3 Å². The highest BCUT2D eigenvalue weighted by molar-refractivity contribution is 8.00. The van der Waals surface area contributed by atoms with Gasteiger partial charge in [0.2, 0.25) is 5.91 Å². The van der Waals surface area contributed by atoms with Crippen LogP contribution in [0.15, 0.2) is 41.3 Å². The van der Waals surface area contributed by atoms with Crippen molar-refractivity contribution in [2.75, 3.05) is 25.0 Å². The van der Waals surface area contributed by atoms with Gasteiger partial charge in [-0.3, -0.25) is 9.69 Å². The SMILES string of the molecule is C=C(C)CN(CC)CC(=O)Nc1ccccc1SC(C)CC#N. The smallest absolute Gasteiger partial charge is 0.238 e. The molecule has 1 aromatic rings. The van der Waals surface area contributed by atoms with E-state index in [2.05, 4.69) is 18.0 Å². The number of hydrogen-bond acceptors (Lipinski definition) is 4. The van der Waals surface area contributed by atoms with Crippen LogP contribution < -0.4 is 5.32 Å². The third kappa shape index (κ3) is 7.36. The van der Waals surface area contributed by atoms with E-state index < -0.39 is 0 Å². The molecule has 0 aromatic heterocycles. The van der Waals surface area contributed by atoms with E-state index in [1.807, 2.05) is 49.9 Å². The Kier molecular flexibility index (Phi) is 8.46. The first kappa shape index (κ1) is 19.3. The zero-order valence-corrected chi connectivity index (χ0v) is 14.9. The number of anilines is 1. The molecule has 0 saturated heterocycles. The molecule has 0 aliphatic rings. The maximum atomic E-state index is 12.3. The standard InChI is InChI=1S/C18H25N3OS/c1-5-21(12-14(2)3)13-18(22)20-16-8-6-7-9-17(16)23-15(4)10-11-19/h6-9,15H,2,5,10,12-13H2,1,3-4H3,(H,20,22). The Morgan fingerprint density at radius 3 is 2.74 bits per heavy atom. The Morgan fingerprint density at radius 2 is 2.13 bits per heavy atom. The Morgan fingerprint density at radius 1 is 1.43 bits per heavy atom. The number of para-hydroxylation sites is 1. The summed E-state index contributed by atoms with van der Waals surface area (Å²) in [5.41, 5.74) is 1.85. The molecule has 1 atom stereocenters. The van der Waals surface area contributed by atoms with Crippen molar-refractivity contribution in [2.45, 2.75) is 37.3 Å². The van der Waals surface area contributed by atoms with E-state index in [1.54, 1.807) is 11.8 Å². The van der Waals surface area contributed by atoms with Gasteiger partial charge < -0.3 is 5.32 Å². The Labute approximate surface area is 143 Å². The van der Waals surface area contributed by atoms with Crippen LogP contribution in [0.25, 0.3) is 0 Å². The van der Waals surface area contributed by atoms with Gasteiger partial charge in [-0.2, -0.15) is 5.26 Å². The maximum Gasteiger partial charge on any atom is 0.238 e. The van der Waals surface area contributed by atoms with Gasteiger partial charge in [-0.15, -0.1) is 11.8 Å². The number of hydrogen-bond donors (Lipinski definition) is 1. The quantitative estimate of drug-likeness (QED) is 0.550. The van der Waals surface area contributed by atoms with Crippen LogP contribution >= 0.6 is 11.8 Å². The number of amides is 1. The Bertz CT molecular complexity index is 580. The average molecular weight is 331 g/mol. The van der Waals surface area contributed by atoms with E-state index in [-0.39, 0.29) is 11.2 Å². The average Bonchev–Trinajstić information content (AvgIpc) is 2.48. The second kappa shape index (κ2) is 10.1. The number of thioether (sulfide) groups is 1. The topological polar surface area (TPSA) is 56.1 Å². The molecule has 1 unspecified atom stereocenters. The Balaban J connectivity index is 2.71. The molecule has 0 aliphatic heterocycles. The van der Waals surface area contributed by atoms with Crippen molar-refractivity contribution in [3.05, 3.63) is 36.4 Å². The van der Waals surface area contributed by atoms with Gasteiger partial charge in [0.25, 0.3) is 0 Å². The van der Waals surface area contributed by atoms with E-state index in [9.17, 15) is 4.79 Å². The molecule has 124 valence electrons. The van der Waals surface area contributed by atoms with Crippen molar-refractivity contribution in [2.24, 2.45) is 0 Å². The van der Waals surface area contributed by atoms with E-state index in [0.29, 0.717) is 13.0 Å². The van der Waals surface area contributed by atoms with Crippen molar-refractivity contribution in [1.82, 2.24) is 4.90 Å². The molecule has 5 heteroatoms. The number of nitrogens with zero attached hydrogens (tertiary/aromatic N) is 2. The van der Waals surface area contributed by atoms with Crippen LogP contribution in [-0.2, 0) is 4.79 Å². The summed E-state index contributed by atoms with van der Waals surface area (Å²) in [6.45, 7) is 11.8. The summed E-state index contributed by atoms with van der Waals surface area (Å²) >= 11 is 1.61. The lowest BCUT2D eigenvalue weighted by Gasteiger charge is -2.20. The van der Waals surface area contributed by atoms with Crippen LogP contribution in [0.5, 0.6) is 0 Å². The summed E-state index contributed by atoms with van der Waals surface area (Å²) < 4.78 is 0. The van der Waals surface area contributed by atoms with Crippen molar-refractivity contribution in [3.63, 3.8) is 0 Å². The molecule has 1 rings (SSSR count). The van der Waals surface area contributed by atoms with Crippen LogP contribution in [0.2, 0.25) is 0 Å². The van der Waals surface area contributed by atoms with E-state index in [0.717, 1.165) is 29.2 Å². The lowest BCUT2D eigenvalue weighted by molar-refractivity contribution is -0.117. The molecule has 0 aliphatic carbocycles. The number of nitriles is 1. The molecule has 0 bridgehead atoms. The fourth-order valence-electron chi connectivity index (χ4n) is 2.11. The van der Waals surface area contributed by atoms with Crippen LogP contribution in [0.3, 0.4) is 0 Å². The molecule has 0 spiro atoms. The van der Waals surface area contributed by atoms with Crippen LogP contribution in [0.1, 0.15) is 27.2 Å². The molecule has 0 fully saturated rings. The minimum Gasteiger partial charge on any atom is -0.324 e. The first-order valence-corrected chi connectivity index (χ1v) is 8.63. The van der Waals surface area contributed by atoms with E-state index in [1.165, 1.54) is 0 Å². The normalized spacial score (nSPS) is 11.8. The first-order chi connectivity index (χ1) is 11.0. The predicted octanol–water partition coefficient (Wildman–Crippen LogP) is 3.92. The second-order valence-electron chi connectivity index (χ2n) is 5.60. The second-order valence-corrected chi connectivity index (χ2v) is 7.08. The summed E-state index contributed by atoms with van der Waals surface area (Å²) in [4.78, 5) is 15.3. The van der Waals surface area contributed by atoms with Gasteiger partial charge in [0.05, 0.1) is 18.3 Å². The molecule has 1 N–H and O–H groups in total. The Hall–Kier alpha value is -1.77. The van der Waals surface area contributed by atoms with E-state index >= 15 is 0 Å². The van der Waals surface area contributed by atoms with Gasteiger partial charge in [0, 0.05) is 23.1 Å². The van der Waals surface area contributed by atoms with Gasteiger partial charge >= 0.3 is 0 Å². The fraction of sp³-hybridized carbons (Fsp3) is 0.444. The molecule has 0 heterocycles. The zero-order valence-electron chi connectivity index (χ0n) is 14.1. The lowest BCUT2D eigenvalue weighted by Crippen LogP contribution is -2.34. The number of carbonyl (C=O) groups is 1. The van der Waals surface area contributed by atoms with Crippen LogP contribution in [0.4, 0.5) is 5.69 Å². The van der Waals surface area contributed by atoms with Crippen molar-refractivity contribution in [3.8, 4) is 6.07 Å². The molecular formula is C18H25N3OS. The molecular weight excluding hydrogens is 306 g/mol. The summed E-state index contributed by atoms with van der Waals surface area (Å²) in [7, 11) is 0. The number of likely N-dealkylation sites (N-methyl/N-ethyl adjacent to an activating group) is 1. The third-order valence-electron chi connectivity index (χ3n) is 3.18. The van der Waals surface area contributed by atoms with Gasteiger partial charge in [-0.1, -0.05) is 38.1 Å². The fourth-order valence-corrected chi connectivity index (χ4v) is 3.11. The van der Waals surface area contributed by atoms with Crippen molar-refractivity contribution in [1.29, 1.82) is 5.26 Å². The molecule has 1 amide bonds. The molecule has 1 aromatic carbocycles. The highest BCUT2D eigenvalue weighted by Crippen LogP contribution is 2.31.